The summed E-state index contributed by atoms with van der Waals surface area (Å²) >= 11 is 3.26. The van der Waals surface area contributed by atoms with E-state index in [0.717, 1.165) is 10.0 Å². The average Bonchev–Trinajstić information content (AvgIpc) is 2.76. The van der Waals surface area contributed by atoms with Gasteiger partial charge in [0.05, 0.1) is 12.7 Å². The number of hydrogen-bond donors (Lipinski definition) is 3. The molecule has 0 aliphatic rings. The van der Waals surface area contributed by atoms with E-state index >= 15 is 0 Å². The molecule has 1 unspecified atom stereocenters. The summed E-state index contributed by atoms with van der Waals surface area (Å²) in [5.74, 6) is 0.602. The summed E-state index contributed by atoms with van der Waals surface area (Å²) in [4.78, 5) is 4.06. The van der Waals surface area contributed by atoms with Crippen LogP contribution in [0.15, 0.2) is 28.4 Å². The van der Waals surface area contributed by atoms with Gasteiger partial charge in [-0.15, -0.1) is 24.0 Å². The largest absolute Gasteiger partial charge is 0.383 e. The van der Waals surface area contributed by atoms with Crippen LogP contribution in [-0.2, 0) is 12.6 Å². The van der Waals surface area contributed by atoms with E-state index in [9.17, 15) is 5.11 Å². The average molecular weight is 458 g/mol. The van der Waals surface area contributed by atoms with Gasteiger partial charge in [-0.05, 0) is 6.92 Å². The number of aromatic nitrogens is 2. The third kappa shape index (κ3) is 6.23. The number of nitrogens with one attached hydrogen (secondary N) is 2. The quantitative estimate of drug-likeness (QED) is 0.354. The molecule has 0 spiro atoms. The van der Waals surface area contributed by atoms with Crippen molar-refractivity contribution in [2.75, 3.05) is 20.1 Å². The molecule has 0 saturated heterocycles. The number of aliphatic hydroxyl groups is 1. The molecule has 1 atom stereocenters. The Morgan fingerprint density at radius 3 is 2.70 bits per heavy atom. The first-order chi connectivity index (χ1) is 8.85. The first-order valence-electron chi connectivity index (χ1n) is 5.84. The van der Waals surface area contributed by atoms with E-state index in [1.54, 1.807) is 31.0 Å². The van der Waals surface area contributed by atoms with Gasteiger partial charge in [0.15, 0.2) is 5.96 Å². The van der Waals surface area contributed by atoms with Crippen LogP contribution >= 0.6 is 39.9 Å². The highest BCUT2D eigenvalue weighted by molar-refractivity contribution is 14.0. The van der Waals surface area contributed by atoms with Crippen LogP contribution in [-0.4, -0.2) is 41.0 Å². The molecule has 1 aromatic heterocycles. The first-order valence-corrected chi connectivity index (χ1v) is 6.64. The summed E-state index contributed by atoms with van der Waals surface area (Å²) in [7, 11) is 3.49. The van der Waals surface area contributed by atoms with Crippen LogP contribution in [0.5, 0.6) is 0 Å². The van der Waals surface area contributed by atoms with E-state index < -0.39 is 5.60 Å². The van der Waals surface area contributed by atoms with Crippen molar-refractivity contribution in [1.82, 2.24) is 20.4 Å². The van der Waals surface area contributed by atoms with Gasteiger partial charge in [-0.3, -0.25) is 9.67 Å². The standard InChI is InChI=1S/C12H20BrN5O.HI/c1-9(13)5-15-11(14-3)16-8-12(2,19)10-6-17-18(4)7-10;/h6-7,19H,1,5,8H2,2-4H3,(H2,14,15,16);1H. The molecule has 1 heterocycles. The Bertz CT molecular complexity index is 472. The maximum atomic E-state index is 10.4. The van der Waals surface area contributed by atoms with Crippen molar-refractivity contribution < 1.29 is 5.11 Å². The highest BCUT2D eigenvalue weighted by Crippen LogP contribution is 2.18. The van der Waals surface area contributed by atoms with E-state index in [2.05, 4.69) is 43.2 Å². The smallest absolute Gasteiger partial charge is 0.191 e. The monoisotopic (exact) mass is 457 g/mol. The number of aliphatic imine (C=N–C) groups is 1. The van der Waals surface area contributed by atoms with E-state index in [4.69, 9.17) is 0 Å². The molecule has 0 aliphatic heterocycles. The van der Waals surface area contributed by atoms with Gasteiger partial charge in [0.2, 0.25) is 0 Å². The Morgan fingerprint density at radius 2 is 2.25 bits per heavy atom. The molecule has 6 nitrogen and oxygen atoms in total. The fraction of sp³-hybridized carbons (Fsp3) is 0.500. The number of aryl methyl sites for hydroxylation is 1. The molecule has 0 aromatic carbocycles. The molecule has 1 rings (SSSR count). The second-order valence-corrected chi connectivity index (χ2v) is 5.59. The molecular formula is C12H21BrIN5O. The third-order valence-electron chi connectivity index (χ3n) is 2.60. The zero-order valence-corrected chi connectivity index (χ0v) is 15.8. The van der Waals surface area contributed by atoms with E-state index in [0.29, 0.717) is 19.0 Å². The lowest BCUT2D eigenvalue weighted by atomic mass is 10.00. The van der Waals surface area contributed by atoms with Crippen molar-refractivity contribution in [3.8, 4) is 0 Å². The SMILES string of the molecule is C=C(Br)CNC(=NC)NCC(C)(O)c1cnn(C)c1.I. The van der Waals surface area contributed by atoms with Crippen LogP contribution < -0.4 is 10.6 Å². The number of rotatable bonds is 5. The molecule has 0 amide bonds. The second kappa shape index (κ2) is 8.63. The lowest BCUT2D eigenvalue weighted by molar-refractivity contribution is 0.0616. The van der Waals surface area contributed by atoms with Crippen LogP contribution in [0.3, 0.4) is 0 Å². The molecule has 0 bridgehead atoms. The Hall–Kier alpha value is -0.610. The molecule has 8 heteroatoms. The predicted octanol–water partition coefficient (Wildman–Crippen LogP) is 1.32. The number of halogens is 2. The number of hydrogen-bond acceptors (Lipinski definition) is 3. The lowest BCUT2D eigenvalue weighted by Gasteiger charge is -2.23. The zero-order chi connectivity index (χ0) is 14.5. The van der Waals surface area contributed by atoms with Crippen LogP contribution in [0.4, 0.5) is 0 Å². The first kappa shape index (κ1) is 19.4. The fourth-order valence-corrected chi connectivity index (χ4v) is 1.60. The van der Waals surface area contributed by atoms with Crippen LogP contribution in [0.25, 0.3) is 0 Å². The van der Waals surface area contributed by atoms with Crippen LogP contribution in [0.1, 0.15) is 12.5 Å². The van der Waals surface area contributed by atoms with Gasteiger partial charge in [-0.1, -0.05) is 22.5 Å². The van der Waals surface area contributed by atoms with Crippen molar-refractivity contribution in [2.45, 2.75) is 12.5 Å². The maximum absolute atomic E-state index is 10.4. The second-order valence-electron chi connectivity index (χ2n) is 4.47. The van der Waals surface area contributed by atoms with Crippen molar-refractivity contribution >= 4 is 45.9 Å². The summed E-state index contributed by atoms with van der Waals surface area (Å²) in [6, 6.07) is 0. The molecule has 0 aliphatic carbocycles. The summed E-state index contributed by atoms with van der Waals surface area (Å²) in [5, 5.41) is 20.6. The van der Waals surface area contributed by atoms with E-state index in [-0.39, 0.29) is 24.0 Å². The normalized spacial score (nSPS) is 14.2. The van der Waals surface area contributed by atoms with Gasteiger partial charge in [-0.2, -0.15) is 5.10 Å². The molecule has 1 aromatic rings. The Kier molecular flexibility index (Phi) is 8.36. The van der Waals surface area contributed by atoms with Crippen LogP contribution in [0.2, 0.25) is 0 Å². The maximum Gasteiger partial charge on any atom is 0.191 e. The van der Waals surface area contributed by atoms with Crippen molar-refractivity contribution in [3.05, 3.63) is 29.0 Å². The van der Waals surface area contributed by atoms with Gasteiger partial charge >= 0.3 is 0 Å². The fourth-order valence-electron chi connectivity index (χ4n) is 1.46. The molecule has 0 saturated carbocycles. The Morgan fingerprint density at radius 1 is 1.60 bits per heavy atom. The summed E-state index contributed by atoms with van der Waals surface area (Å²) in [5.41, 5.74) is -0.264. The predicted molar refractivity (Wildman–Crippen MR) is 95.6 cm³/mol. The van der Waals surface area contributed by atoms with E-state index in [1.165, 1.54) is 0 Å². The van der Waals surface area contributed by atoms with Gasteiger partial charge in [0.25, 0.3) is 0 Å². The Balaban J connectivity index is 0.00000361. The lowest BCUT2D eigenvalue weighted by Crippen LogP contribution is -2.44. The minimum atomic E-state index is -1.02. The topological polar surface area (TPSA) is 74.5 Å². The highest BCUT2D eigenvalue weighted by atomic mass is 127. The van der Waals surface area contributed by atoms with Crippen molar-refractivity contribution in [2.24, 2.45) is 12.0 Å². The minimum absolute atomic E-state index is 0. The number of nitrogens with zero attached hydrogens (tertiary/aromatic N) is 3. The van der Waals surface area contributed by atoms with Gasteiger partial charge < -0.3 is 15.7 Å². The van der Waals surface area contributed by atoms with Crippen molar-refractivity contribution in [3.63, 3.8) is 0 Å². The zero-order valence-electron chi connectivity index (χ0n) is 11.9. The minimum Gasteiger partial charge on any atom is -0.383 e. The summed E-state index contributed by atoms with van der Waals surface area (Å²) in [6.07, 6.45) is 3.44. The van der Waals surface area contributed by atoms with Gasteiger partial charge in [0.1, 0.15) is 5.60 Å². The van der Waals surface area contributed by atoms with Crippen LogP contribution in [0, 0.1) is 0 Å². The summed E-state index contributed by atoms with van der Waals surface area (Å²) < 4.78 is 2.49. The third-order valence-corrected chi connectivity index (χ3v) is 2.88. The molecule has 20 heavy (non-hydrogen) atoms. The molecule has 114 valence electrons. The van der Waals surface area contributed by atoms with E-state index in [1.807, 2.05) is 7.05 Å². The number of guanidine groups is 1. The molecule has 0 radical (unpaired) electrons. The van der Waals surface area contributed by atoms with Crippen molar-refractivity contribution in [1.29, 1.82) is 0 Å². The highest BCUT2D eigenvalue weighted by Gasteiger charge is 2.24. The molecule has 0 fully saturated rings. The molecule has 3 N–H and O–H groups in total. The Labute approximate surface area is 144 Å². The van der Waals surface area contributed by atoms with Gasteiger partial charge in [-0.25, -0.2) is 0 Å². The summed E-state index contributed by atoms with van der Waals surface area (Å²) in [6.45, 7) is 6.35. The van der Waals surface area contributed by atoms with Gasteiger partial charge in [0, 0.05) is 36.9 Å². The molecular weight excluding hydrogens is 437 g/mol.